The Kier molecular flexibility index (Phi) is 3.15. The molecule has 0 aliphatic heterocycles. The molecule has 1 heterocycles. The highest BCUT2D eigenvalue weighted by Crippen LogP contribution is 2.23. The van der Waals surface area contributed by atoms with Crippen molar-refractivity contribution in [1.29, 1.82) is 0 Å². The molecule has 0 unspecified atom stereocenters. The van der Waals surface area contributed by atoms with Crippen LogP contribution in [0.5, 0.6) is 0 Å². The molecular weight excluding hydrogens is 218 g/mol. The Balaban J connectivity index is 2.57. The van der Waals surface area contributed by atoms with Crippen molar-refractivity contribution < 1.29 is 14.6 Å². The van der Waals surface area contributed by atoms with Gasteiger partial charge in [-0.1, -0.05) is 12.1 Å². The van der Waals surface area contributed by atoms with Crippen LogP contribution >= 0.6 is 0 Å². The van der Waals surface area contributed by atoms with E-state index in [-0.39, 0.29) is 0 Å². The van der Waals surface area contributed by atoms with Crippen molar-refractivity contribution in [3.05, 3.63) is 35.5 Å². The first kappa shape index (κ1) is 11.7. The number of carboxylic acids is 1. The maximum absolute atomic E-state index is 11.1. The number of ether oxygens (including phenoxy) is 1. The zero-order valence-electron chi connectivity index (χ0n) is 9.93. The summed E-state index contributed by atoms with van der Waals surface area (Å²) in [7, 11) is 1.86. The van der Waals surface area contributed by atoms with Gasteiger partial charge >= 0.3 is 5.97 Å². The zero-order chi connectivity index (χ0) is 12.4. The molecule has 0 amide bonds. The molecule has 0 radical (unpaired) electrons. The van der Waals surface area contributed by atoms with Crippen molar-refractivity contribution in [2.75, 3.05) is 6.61 Å². The summed E-state index contributed by atoms with van der Waals surface area (Å²) in [6, 6.07) is 7.26. The topological polar surface area (TPSA) is 51.5 Å². The SMILES string of the molecule is CCOCc1cc2cccc(C(=O)O)c2n1C. The van der Waals surface area contributed by atoms with Crippen LogP contribution in [-0.2, 0) is 18.4 Å². The van der Waals surface area contributed by atoms with Crippen LogP contribution < -0.4 is 0 Å². The van der Waals surface area contributed by atoms with Gasteiger partial charge in [-0.2, -0.15) is 0 Å². The van der Waals surface area contributed by atoms with E-state index >= 15 is 0 Å². The Morgan fingerprint density at radius 2 is 2.24 bits per heavy atom. The molecular formula is C13H15NO3. The van der Waals surface area contributed by atoms with Crippen molar-refractivity contribution in [2.24, 2.45) is 7.05 Å². The molecule has 0 atom stereocenters. The van der Waals surface area contributed by atoms with Gasteiger partial charge in [0.2, 0.25) is 0 Å². The van der Waals surface area contributed by atoms with Gasteiger partial charge in [-0.3, -0.25) is 0 Å². The number of aryl methyl sites for hydroxylation is 1. The minimum atomic E-state index is -0.903. The maximum atomic E-state index is 11.1. The van der Waals surface area contributed by atoms with E-state index in [0.29, 0.717) is 18.8 Å². The van der Waals surface area contributed by atoms with Gasteiger partial charge in [0.05, 0.1) is 17.7 Å². The second kappa shape index (κ2) is 4.59. The van der Waals surface area contributed by atoms with Crippen LogP contribution in [0.2, 0.25) is 0 Å². The fourth-order valence-corrected chi connectivity index (χ4v) is 1.99. The van der Waals surface area contributed by atoms with Crippen LogP contribution in [0.15, 0.2) is 24.3 Å². The number of hydrogen-bond acceptors (Lipinski definition) is 2. The molecule has 1 aromatic heterocycles. The molecule has 2 rings (SSSR count). The lowest BCUT2D eigenvalue weighted by atomic mass is 10.1. The normalized spacial score (nSPS) is 10.9. The van der Waals surface area contributed by atoms with E-state index in [1.54, 1.807) is 12.1 Å². The van der Waals surface area contributed by atoms with Gasteiger partial charge < -0.3 is 14.4 Å². The molecule has 0 saturated carbocycles. The molecule has 0 saturated heterocycles. The molecule has 2 aromatic rings. The Labute approximate surface area is 99.4 Å². The lowest BCUT2D eigenvalue weighted by Gasteiger charge is -2.05. The third-order valence-corrected chi connectivity index (χ3v) is 2.84. The van der Waals surface area contributed by atoms with E-state index in [0.717, 1.165) is 16.6 Å². The van der Waals surface area contributed by atoms with E-state index in [4.69, 9.17) is 9.84 Å². The van der Waals surface area contributed by atoms with Gasteiger partial charge in [0, 0.05) is 24.7 Å². The van der Waals surface area contributed by atoms with Gasteiger partial charge in [-0.05, 0) is 19.1 Å². The van der Waals surface area contributed by atoms with E-state index < -0.39 is 5.97 Å². The number of carbonyl (C=O) groups is 1. The zero-order valence-corrected chi connectivity index (χ0v) is 9.93. The Hall–Kier alpha value is -1.81. The van der Waals surface area contributed by atoms with Gasteiger partial charge in [0.25, 0.3) is 0 Å². The number of aromatic carboxylic acids is 1. The minimum Gasteiger partial charge on any atom is -0.478 e. The average Bonchev–Trinajstić information content (AvgIpc) is 2.63. The summed E-state index contributed by atoms with van der Waals surface area (Å²) in [4.78, 5) is 11.1. The first-order valence-corrected chi connectivity index (χ1v) is 5.53. The van der Waals surface area contributed by atoms with Gasteiger partial charge in [-0.15, -0.1) is 0 Å². The Morgan fingerprint density at radius 1 is 1.47 bits per heavy atom. The van der Waals surface area contributed by atoms with Crippen LogP contribution in [-0.4, -0.2) is 22.2 Å². The van der Waals surface area contributed by atoms with Crippen LogP contribution in [0.3, 0.4) is 0 Å². The summed E-state index contributed by atoms with van der Waals surface area (Å²) in [6.45, 7) is 3.08. The van der Waals surface area contributed by atoms with Crippen molar-refractivity contribution in [2.45, 2.75) is 13.5 Å². The van der Waals surface area contributed by atoms with Gasteiger partial charge in [-0.25, -0.2) is 4.79 Å². The molecule has 0 spiro atoms. The molecule has 4 nitrogen and oxygen atoms in total. The number of carboxylic acid groups (broad SMARTS) is 1. The molecule has 1 N–H and O–H groups in total. The van der Waals surface area contributed by atoms with Crippen molar-refractivity contribution in [3.63, 3.8) is 0 Å². The average molecular weight is 233 g/mol. The van der Waals surface area contributed by atoms with Crippen molar-refractivity contribution in [3.8, 4) is 0 Å². The maximum Gasteiger partial charge on any atom is 0.337 e. The predicted molar refractivity (Wildman–Crippen MR) is 65.2 cm³/mol. The number of benzene rings is 1. The second-order valence-electron chi connectivity index (χ2n) is 3.88. The van der Waals surface area contributed by atoms with Crippen LogP contribution in [0, 0.1) is 0 Å². The summed E-state index contributed by atoms with van der Waals surface area (Å²) in [5.74, 6) is -0.903. The van der Waals surface area contributed by atoms with E-state index in [9.17, 15) is 4.79 Å². The fourth-order valence-electron chi connectivity index (χ4n) is 1.99. The third-order valence-electron chi connectivity index (χ3n) is 2.84. The predicted octanol–water partition coefficient (Wildman–Crippen LogP) is 2.41. The summed E-state index contributed by atoms with van der Waals surface area (Å²) in [5.41, 5.74) is 2.05. The summed E-state index contributed by atoms with van der Waals surface area (Å²) in [5, 5.41) is 10.1. The lowest BCUT2D eigenvalue weighted by molar-refractivity contribution is 0.0698. The van der Waals surface area contributed by atoms with E-state index in [2.05, 4.69) is 0 Å². The molecule has 0 bridgehead atoms. The Bertz CT molecular complexity index is 557. The van der Waals surface area contributed by atoms with Crippen LogP contribution in [0.4, 0.5) is 0 Å². The largest absolute Gasteiger partial charge is 0.478 e. The molecule has 4 heteroatoms. The number of hydrogen-bond donors (Lipinski definition) is 1. The molecule has 0 aliphatic rings. The number of para-hydroxylation sites is 1. The highest BCUT2D eigenvalue weighted by atomic mass is 16.5. The highest BCUT2D eigenvalue weighted by Gasteiger charge is 2.13. The van der Waals surface area contributed by atoms with Crippen LogP contribution in [0.1, 0.15) is 23.0 Å². The molecule has 17 heavy (non-hydrogen) atoms. The summed E-state index contributed by atoms with van der Waals surface area (Å²) < 4.78 is 7.25. The molecule has 0 aliphatic carbocycles. The number of rotatable bonds is 4. The molecule has 1 aromatic carbocycles. The Morgan fingerprint density at radius 3 is 2.88 bits per heavy atom. The minimum absolute atomic E-state index is 0.327. The van der Waals surface area contributed by atoms with Gasteiger partial charge in [0.1, 0.15) is 0 Å². The standard InChI is InChI=1S/C13H15NO3/c1-3-17-8-10-7-9-5-4-6-11(13(15)16)12(9)14(10)2/h4-7H,3,8H2,1-2H3,(H,15,16). The summed E-state index contributed by atoms with van der Waals surface area (Å²) >= 11 is 0. The second-order valence-corrected chi connectivity index (χ2v) is 3.88. The molecule has 0 fully saturated rings. The summed E-state index contributed by atoms with van der Waals surface area (Å²) in [6.07, 6.45) is 0. The smallest absolute Gasteiger partial charge is 0.337 e. The highest BCUT2D eigenvalue weighted by molar-refractivity contribution is 6.02. The third kappa shape index (κ3) is 2.03. The van der Waals surface area contributed by atoms with Gasteiger partial charge in [0.15, 0.2) is 0 Å². The van der Waals surface area contributed by atoms with E-state index in [1.165, 1.54) is 0 Å². The first-order chi connectivity index (χ1) is 8.15. The number of fused-ring (bicyclic) bond motifs is 1. The van der Waals surface area contributed by atoms with Crippen LogP contribution in [0.25, 0.3) is 10.9 Å². The quantitative estimate of drug-likeness (QED) is 0.882. The lowest BCUT2D eigenvalue weighted by Crippen LogP contribution is -2.03. The molecule has 90 valence electrons. The number of aromatic nitrogens is 1. The van der Waals surface area contributed by atoms with Crippen molar-refractivity contribution >= 4 is 16.9 Å². The monoisotopic (exact) mass is 233 g/mol. The van der Waals surface area contributed by atoms with E-state index in [1.807, 2.05) is 30.7 Å². The number of nitrogens with zero attached hydrogens (tertiary/aromatic N) is 1. The van der Waals surface area contributed by atoms with Crippen molar-refractivity contribution in [1.82, 2.24) is 4.57 Å². The first-order valence-electron chi connectivity index (χ1n) is 5.53. The fraction of sp³-hybridized carbons (Fsp3) is 0.308.